The van der Waals surface area contributed by atoms with Gasteiger partial charge in [-0.25, -0.2) is 0 Å². The standard InChI is InChI=1S/C18H17F3N2O3/c19-18(20,21)13-2-1-3-14(8-13)23-9-12(4-5-15(23)25)16(26)22-10-17(11-24)6-7-17/h1-5,8-9,24H,6-7,10-11H2,(H,22,26). The lowest BCUT2D eigenvalue weighted by molar-refractivity contribution is -0.137. The maximum absolute atomic E-state index is 12.9. The van der Waals surface area contributed by atoms with E-state index in [4.69, 9.17) is 0 Å². The summed E-state index contributed by atoms with van der Waals surface area (Å²) < 4.78 is 39.6. The molecule has 8 heteroatoms. The molecule has 5 nitrogen and oxygen atoms in total. The van der Waals surface area contributed by atoms with Crippen LogP contribution in [-0.4, -0.2) is 28.7 Å². The minimum atomic E-state index is -4.53. The van der Waals surface area contributed by atoms with Gasteiger partial charge in [-0.15, -0.1) is 0 Å². The molecule has 1 aromatic heterocycles. The van der Waals surface area contributed by atoms with Crippen LogP contribution in [0.3, 0.4) is 0 Å². The van der Waals surface area contributed by atoms with Gasteiger partial charge in [0.05, 0.1) is 17.7 Å². The third-order valence-electron chi connectivity index (χ3n) is 4.54. The summed E-state index contributed by atoms with van der Waals surface area (Å²) in [6.07, 6.45) is -1.66. The van der Waals surface area contributed by atoms with Crippen molar-refractivity contribution in [3.05, 3.63) is 64.1 Å². The van der Waals surface area contributed by atoms with Crippen LogP contribution in [0.2, 0.25) is 0 Å². The van der Waals surface area contributed by atoms with E-state index < -0.39 is 23.2 Å². The van der Waals surface area contributed by atoms with E-state index in [1.807, 2.05) is 0 Å². The zero-order valence-electron chi connectivity index (χ0n) is 13.7. The van der Waals surface area contributed by atoms with Gasteiger partial charge in [0, 0.05) is 29.9 Å². The lowest BCUT2D eigenvalue weighted by Gasteiger charge is -2.14. The number of rotatable bonds is 5. The first-order valence-corrected chi connectivity index (χ1v) is 8.04. The Morgan fingerprint density at radius 2 is 1.96 bits per heavy atom. The number of hydrogen-bond acceptors (Lipinski definition) is 3. The van der Waals surface area contributed by atoms with Gasteiger partial charge in [0.25, 0.3) is 11.5 Å². The van der Waals surface area contributed by atoms with E-state index in [2.05, 4.69) is 5.32 Å². The molecule has 1 amide bonds. The van der Waals surface area contributed by atoms with Gasteiger partial charge in [-0.2, -0.15) is 13.2 Å². The number of pyridine rings is 1. The lowest BCUT2D eigenvalue weighted by Crippen LogP contribution is -2.32. The third-order valence-corrected chi connectivity index (χ3v) is 4.54. The molecule has 1 fully saturated rings. The Morgan fingerprint density at radius 1 is 1.23 bits per heavy atom. The number of benzene rings is 1. The van der Waals surface area contributed by atoms with Gasteiger partial charge in [0.15, 0.2) is 0 Å². The van der Waals surface area contributed by atoms with Gasteiger partial charge >= 0.3 is 6.18 Å². The molecule has 138 valence electrons. The number of nitrogens with one attached hydrogen (secondary N) is 1. The van der Waals surface area contributed by atoms with Crippen molar-refractivity contribution in [3.8, 4) is 5.69 Å². The maximum atomic E-state index is 12.9. The first-order chi connectivity index (χ1) is 12.2. The average molecular weight is 366 g/mol. The summed E-state index contributed by atoms with van der Waals surface area (Å²) in [5.41, 5.74) is -1.53. The fourth-order valence-electron chi connectivity index (χ4n) is 2.59. The monoisotopic (exact) mass is 366 g/mol. The van der Waals surface area contributed by atoms with Gasteiger partial charge in [0.2, 0.25) is 0 Å². The van der Waals surface area contributed by atoms with Crippen molar-refractivity contribution in [2.75, 3.05) is 13.2 Å². The van der Waals surface area contributed by atoms with Crippen molar-refractivity contribution in [2.45, 2.75) is 19.0 Å². The third kappa shape index (κ3) is 3.80. The highest BCUT2D eigenvalue weighted by molar-refractivity contribution is 5.94. The van der Waals surface area contributed by atoms with Crippen molar-refractivity contribution in [2.24, 2.45) is 5.41 Å². The number of amides is 1. The van der Waals surface area contributed by atoms with Crippen LogP contribution in [0.4, 0.5) is 13.2 Å². The van der Waals surface area contributed by atoms with Crippen LogP contribution in [0.5, 0.6) is 0 Å². The topological polar surface area (TPSA) is 71.3 Å². The molecule has 2 aromatic rings. The Labute approximate surface area is 147 Å². The van der Waals surface area contributed by atoms with Crippen LogP contribution in [0.15, 0.2) is 47.4 Å². The van der Waals surface area contributed by atoms with Crippen molar-refractivity contribution in [1.82, 2.24) is 9.88 Å². The Balaban J connectivity index is 1.86. The summed E-state index contributed by atoms with van der Waals surface area (Å²) >= 11 is 0. The SMILES string of the molecule is O=C(NCC1(CO)CC1)c1ccc(=O)n(-c2cccc(C(F)(F)F)c2)c1. The van der Waals surface area contributed by atoms with E-state index in [0.29, 0.717) is 6.54 Å². The largest absolute Gasteiger partial charge is 0.416 e. The van der Waals surface area contributed by atoms with Crippen molar-refractivity contribution < 1.29 is 23.1 Å². The summed E-state index contributed by atoms with van der Waals surface area (Å²) in [7, 11) is 0. The summed E-state index contributed by atoms with van der Waals surface area (Å²) in [5, 5.41) is 12.0. The maximum Gasteiger partial charge on any atom is 0.416 e. The van der Waals surface area contributed by atoms with Crippen LogP contribution in [0, 0.1) is 5.41 Å². The average Bonchev–Trinajstić information content (AvgIpc) is 3.40. The molecular formula is C18H17F3N2O3. The fraction of sp³-hybridized carbons (Fsp3) is 0.333. The highest BCUT2D eigenvalue weighted by Crippen LogP contribution is 2.44. The quantitative estimate of drug-likeness (QED) is 0.853. The Hall–Kier alpha value is -2.61. The first-order valence-electron chi connectivity index (χ1n) is 8.04. The van der Waals surface area contributed by atoms with E-state index in [-0.39, 0.29) is 23.3 Å². The molecule has 0 saturated heterocycles. The van der Waals surface area contributed by atoms with Crippen LogP contribution in [0.1, 0.15) is 28.8 Å². The molecule has 0 aliphatic heterocycles. The van der Waals surface area contributed by atoms with Crippen molar-refractivity contribution in [3.63, 3.8) is 0 Å². The molecule has 2 N–H and O–H groups in total. The second-order valence-electron chi connectivity index (χ2n) is 6.51. The molecule has 26 heavy (non-hydrogen) atoms. The second kappa shape index (κ2) is 6.60. The molecule has 1 heterocycles. The summed E-state index contributed by atoms with van der Waals surface area (Å²) in [4.78, 5) is 24.3. The van der Waals surface area contributed by atoms with E-state index in [9.17, 15) is 27.9 Å². The lowest BCUT2D eigenvalue weighted by atomic mass is 10.1. The number of nitrogens with zero attached hydrogens (tertiary/aromatic N) is 1. The number of aromatic nitrogens is 1. The predicted molar refractivity (Wildman–Crippen MR) is 88.1 cm³/mol. The molecule has 1 aliphatic carbocycles. The minimum Gasteiger partial charge on any atom is -0.396 e. The normalized spacial score (nSPS) is 15.5. The fourth-order valence-corrected chi connectivity index (χ4v) is 2.59. The molecule has 1 aromatic carbocycles. The number of carbonyl (C=O) groups excluding carboxylic acids is 1. The van der Waals surface area contributed by atoms with E-state index >= 15 is 0 Å². The molecule has 1 aliphatic rings. The van der Waals surface area contributed by atoms with Gasteiger partial charge in [-0.05, 0) is 37.1 Å². The number of aliphatic hydroxyl groups excluding tert-OH is 1. The number of halogens is 3. The summed E-state index contributed by atoms with van der Waals surface area (Å²) in [5.74, 6) is -0.453. The smallest absolute Gasteiger partial charge is 0.396 e. The number of carbonyl (C=O) groups is 1. The molecule has 0 atom stereocenters. The van der Waals surface area contributed by atoms with Gasteiger partial charge < -0.3 is 10.4 Å². The second-order valence-corrected chi connectivity index (χ2v) is 6.51. The van der Waals surface area contributed by atoms with Crippen LogP contribution in [-0.2, 0) is 6.18 Å². The molecule has 0 radical (unpaired) electrons. The Bertz CT molecular complexity index is 886. The predicted octanol–water partition coefficient (Wildman–Crippen LogP) is 2.36. The van der Waals surface area contributed by atoms with Crippen LogP contribution < -0.4 is 10.9 Å². The summed E-state index contributed by atoms with van der Waals surface area (Å²) in [6.45, 7) is 0.294. The highest BCUT2D eigenvalue weighted by atomic mass is 19.4. The zero-order valence-corrected chi connectivity index (χ0v) is 13.7. The number of hydrogen-bond donors (Lipinski definition) is 2. The Morgan fingerprint density at radius 3 is 2.58 bits per heavy atom. The number of aliphatic hydroxyl groups is 1. The van der Waals surface area contributed by atoms with Crippen molar-refractivity contribution >= 4 is 5.91 Å². The molecule has 0 unspecified atom stereocenters. The van der Waals surface area contributed by atoms with Crippen LogP contribution in [0.25, 0.3) is 5.69 Å². The molecule has 3 rings (SSSR count). The van der Waals surface area contributed by atoms with E-state index in [1.54, 1.807) is 0 Å². The molecule has 0 bridgehead atoms. The summed E-state index contributed by atoms with van der Waals surface area (Å²) in [6, 6.07) is 6.79. The minimum absolute atomic E-state index is 0.0169. The van der Waals surface area contributed by atoms with Gasteiger partial charge in [-0.3, -0.25) is 14.2 Å². The zero-order chi connectivity index (χ0) is 18.9. The van der Waals surface area contributed by atoms with E-state index in [1.165, 1.54) is 24.4 Å². The van der Waals surface area contributed by atoms with Crippen molar-refractivity contribution in [1.29, 1.82) is 0 Å². The molecular weight excluding hydrogens is 349 g/mol. The van der Waals surface area contributed by atoms with E-state index in [0.717, 1.165) is 35.6 Å². The van der Waals surface area contributed by atoms with Crippen LogP contribution >= 0.6 is 0 Å². The number of alkyl halides is 3. The first kappa shape index (κ1) is 18.2. The Kier molecular flexibility index (Phi) is 4.62. The van der Waals surface area contributed by atoms with Gasteiger partial charge in [0.1, 0.15) is 0 Å². The highest BCUT2D eigenvalue weighted by Gasteiger charge is 2.42. The van der Waals surface area contributed by atoms with Gasteiger partial charge in [-0.1, -0.05) is 6.07 Å². The molecule has 0 spiro atoms. The molecule has 1 saturated carbocycles.